The van der Waals surface area contributed by atoms with E-state index in [1.165, 1.54) is 17.9 Å². The molecule has 1 aromatic rings. The van der Waals surface area contributed by atoms with Gasteiger partial charge in [0.1, 0.15) is 6.54 Å². The fourth-order valence-corrected chi connectivity index (χ4v) is 1.96. The first-order chi connectivity index (χ1) is 8.95. The van der Waals surface area contributed by atoms with Crippen LogP contribution in [0.1, 0.15) is 6.92 Å². The van der Waals surface area contributed by atoms with Gasteiger partial charge in [0.05, 0.1) is 10.7 Å². The van der Waals surface area contributed by atoms with E-state index in [4.69, 9.17) is 23.2 Å². The molecule has 1 aromatic carbocycles. The van der Waals surface area contributed by atoms with Gasteiger partial charge in [0.2, 0.25) is 11.8 Å². The average Bonchev–Trinajstić information content (AvgIpc) is 2.34. The zero-order valence-corrected chi connectivity index (χ0v) is 12.0. The Morgan fingerprint density at radius 2 is 2.11 bits per heavy atom. The van der Waals surface area contributed by atoms with Gasteiger partial charge in [0.25, 0.3) is 0 Å². The largest absolute Gasteiger partial charge is 0.351 e. The van der Waals surface area contributed by atoms with Crippen molar-refractivity contribution in [3.05, 3.63) is 40.9 Å². The molecule has 1 rings (SSSR count). The van der Waals surface area contributed by atoms with Gasteiger partial charge in [-0.05, 0) is 18.2 Å². The van der Waals surface area contributed by atoms with Gasteiger partial charge in [-0.15, -0.1) is 6.58 Å². The first-order valence-corrected chi connectivity index (χ1v) is 6.32. The molecule has 4 nitrogen and oxygen atoms in total. The van der Waals surface area contributed by atoms with Crippen molar-refractivity contribution in [2.75, 3.05) is 18.0 Å². The van der Waals surface area contributed by atoms with E-state index in [-0.39, 0.29) is 18.4 Å². The lowest BCUT2D eigenvalue weighted by Gasteiger charge is -2.21. The summed E-state index contributed by atoms with van der Waals surface area (Å²) in [6.45, 7) is 5.10. The van der Waals surface area contributed by atoms with Gasteiger partial charge in [0.15, 0.2) is 0 Å². The molecule has 0 saturated heterocycles. The maximum absolute atomic E-state index is 11.6. The Balaban J connectivity index is 2.91. The summed E-state index contributed by atoms with van der Waals surface area (Å²) in [4.78, 5) is 24.6. The molecule has 0 atom stereocenters. The Kier molecular flexibility index (Phi) is 5.86. The summed E-state index contributed by atoms with van der Waals surface area (Å²) in [5, 5.41) is 3.38. The molecule has 0 spiro atoms. The quantitative estimate of drug-likeness (QED) is 0.850. The van der Waals surface area contributed by atoms with Gasteiger partial charge < -0.3 is 10.2 Å². The summed E-state index contributed by atoms with van der Waals surface area (Å²) in [7, 11) is 0. The van der Waals surface area contributed by atoms with Gasteiger partial charge >= 0.3 is 0 Å². The van der Waals surface area contributed by atoms with Crippen LogP contribution < -0.4 is 10.2 Å². The number of carbonyl (C=O) groups excluding carboxylic acids is 2. The zero-order chi connectivity index (χ0) is 14.4. The number of halogens is 2. The van der Waals surface area contributed by atoms with Crippen LogP contribution in [0.25, 0.3) is 0 Å². The first kappa shape index (κ1) is 15.5. The van der Waals surface area contributed by atoms with Gasteiger partial charge in [0, 0.05) is 18.5 Å². The summed E-state index contributed by atoms with van der Waals surface area (Å²) in [6, 6.07) is 4.74. The number of nitrogens with zero attached hydrogens (tertiary/aromatic N) is 1. The molecule has 19 heavy (non-hydrogen) atoms. The molecule has 1 N–H and O–H groups in total. The predicted molar refractivity (Wildman–Crippen MR) is 77.7 cm³/mol. The van der Waals surface area contributed by atoms with Crippen LogP contribution >= 0.6 is 23.2 Å². The van der Waals surface area contributed by atoms with E-state index in [0.717, 1.165) is 0 Å². The lowest BCUT2D eigenvalue weighted by Crippen LogP contribution is -2.40. The third kappa shape index (κ3) is 4.58. The van der Waals surface area contributed by atoms with Crippen LogP contribution in [0.2, 0.25) is 10.0 Å². The Morgan fingerprint density at radius 3 is 2.63 bits per heavy atom. The maximum atomic E-state index is 11.6. The topological polar surface area (TPSA) is 49.4 Å². The van der Waals surface area contributed by atoms with Gasteiger partial charge in [-0.1, -0.05) is 29.3 Å². The first-order valence-electron chi connectivity index (χ1n) is 5.56. The predicted octanol–water partition coefficient (Wildman–Crippen LogP) is 2.65. The van der Waals surface area contributed by atoms with Crippen LogP contribution in [-0.2, 0) is 9.59 Å². The fraction of sp³-hybridized carbons (Fsp3) is 0.231. The number of hydrogen-bond acceptors (Lipinski definition) is 2. The van der Waals surface area contributed by atoms with E-state index in [0.29, 0.717) is 22.3 Å². The van der Waals surface area contributed by atoms with Crippen molar-refractivity contribution in [2.45, 2.75) is 6.92 Å². The van der Waals surface area contributed by atoms with Crippen LogP contribution in [0, 0.1) is 0 Å². The number of hydrogen-bond donors (Lipinski definition) is 1. The van der Waals surface area contributed by atoms with Crippen LogP contribution in [0.15, 0.2) is 30.9 Å². The third-order valence-corrected chi connectivity index (χ3v) is 2.86. The highest BCUT2D eigenvalue weighted by Crippen LogP contribution is 2.28. The van der Waals surface area contributed by atoms with Crippen molar-refractivity contribution >= 4 is 40.7 Å². The number of amides is 2. The molecular weight excluding hydrogens is 287 g/mol. The Morgan fingerprint density at radius 1 is 1.42 bits per heavy atom. The molecule has 2 amide bonds. The highest BCUT2D eigenvalue weighted by atomic mass is 35.5. The van der Waals surface area contributed by atoms with E-state index in [9.17, 15) is 9.59 Å². The van der Waals surface area contributed by atoms with E-state index in [1.54, 1.807) is 18.2 Å². The molecule has 0 saturated carbocycles. The Hall–Kier alpha value is -1.52. The number of benzene rings is 1. The number of anilines is 1. The average molecular weight is 301 g/mol. The number of carbonyl (C=O) groups is 2. The molecule has 102 valence electrons. The fourth-order valence-electron chi connectivity index (χ4n) is 1.45. The summed E-state index contributed by atoms with van der Waals surface area (Å²) in [5.74, 6) is -0.570. The Labute approximate surface area is 122 Å². The van der Waals surface area contributed by atoms with E-state index < -0.39 is 0 Å². The molecule has 6 heteroatoms. The van der Waals surface area contributed by atoms with Crippen LogP contribution in [0.3, 0.4) is 0 Å². The maximum Gasteiger partial charge on any atom is 0.240 e. The minimum absolute atomic E-state index is 0.107. The molecular formula is C13H14Cl2N2O2. The monoisotopic (exact) mass is 300 g/mol. The van der Waals surface area contributed by atoms with Crippen molar-refractivity contribution < 1.29 is 9.59 Å². The summed E-state index contributed by atoms with van der Waals surface area (Å²) in [6.07, 6.45) is 1.56. The van der Waals surface area contributed by atoms with Crippen LogP contribution in [0.5, 0.6) is 0 Å². The summed E-state index contributed by atoms with van der Waals surface area (Å²) < 4.78 is 0. The van der Waals surface area contributed by atoms with Gasteiger partial charge in [-0.2, -0.15) is 0 Å². The molecule has 0 radical (unpaired) electrons. The van der Waals surface area contributed by atoms with E-state index in [2.05, 4.69) is 11.9 Å². The van der Waals surface area contributed by atoms with Crippen LogP contribution in [0.4, 0.5) is 5.69 Å². The summed E-state index contributed by atoms with van der Waals surface area (Å²) >= 11 is 11.8. The minimum atomic E-state index is -0.291. The number of rotatable bonds is 5. The highest BCUT2D eigenvalue weighted by Gasteiger charge is 2.18. The standard InChI is InChI=1S/C13H14Cl2N2O2/c1-3-6-16-13(19)8-17(9(2)18)12-5-4-10(14)7-11(12)15/h3-5,7H,1,6,8H2,2H3,(H,16,19). The SMILES string of the molecule is C=CCNC(=O)CN(C(C)=O)c1ccc(Cl)cc1Cl. The Bertz CT molecular complexity index is 503. The van der Waals surface area contributed by atoms with Crippen molar-refractivity contribution in [3.8, 4) is 0 Å². The lowest BCUT2D eigenvalue weighted by molar-refractivity contribution is -0.122. The van der Waals surface area contributed by atoms with Gasteiger partial charge in [-0.25, -0.2) is 0 Å². The second-order valence-corrected chi connectivity index (χ2v) is 4.64. The van der Waals surface area contributed by atoms with Gasteiger partial charge in [-0.3, -0.25) is 9.59 Å². The molecule has 0 aliphatic heterocycles. The van der Waals surface area contributed by atoms with E-state index >= 15 is 0 Å². The highest BCUT2D eigenvalue weighted by molar-refractivity contribution is 6.36. The molecule has 0 heterocycles. The van der Waals surface area contributed by atoms with Crippen LogP contribution in [-0.4, -0.2) is 24.9 Å². The third-order valence-electron chi connectivity index (χ3n) is 2.33. The minimum Gasteiger partial charge on any atom is -0.351 e. The smallest absolute Gasteiger partial charge is 0.240 e. The van der Waals surface area contributed by atoms with Crippen molar-refractivity contribution in [1.82, 2.24) is 5.32 Å². The normalized spacial score (nSPS) is 9.84. The van der Waals surface area contributed by atoms with Crippen molar-refractivity contribution in [1.29, 1.82) is 0 Å². The molecule has 0 bridgehead atoms. The second-order valence-electron chi connectivity index (χ2n) is 3.79. The summed E-state index contributed by atoms with van der Waals surface area (Å²) in [5.41, 5.74) is 0.451. The molecule has 0 aliphatic carbocycles. The molecule has 0 unspecified atom stereocenters. The number of nitrogens with one attached hydrogen (secondary N) is 1. The molecule has 0 aromatic heterocycles. The van der Waals surface area contributed by atoms with E-state index in [1.807, 2.05) is 0 Å². The lowest BCUT2D eigenvalue weighted by atomic mass is 10.2. The molecule has 0 fully saturated rings. The van der Waals surface area contributed by atoms with Crippen molar-refractivity contribution in [3.63, 3.8) is 0 Å². The molecule has 0 aliphatic rings. The second kappa shape index (κ2) is 7.16. The van der Waals surface area contributed by atoms with Crippen molar-refractivity contribution in [2.24, 2.45) is 0 Å². The zero-order valence-electron chi connectivity index (χ0n) is 10.5.